The first-order valence-corrected chi connectivity index (χ1v) is 27.4. The van der Waals surface area contributed by atoms with Gasteiger partial charge in [0, 0.05) is 52.7 Å². The Bertz CT molecular complexity index is 2930. The quantitative estimate of drug-likeness (QED) is 0.190. The Labute approximate surface area is 454 Å². The number of cyclic esters (lactones) is 2. The number of amides is 6. The molecule has 2 aromatic carbocycles. The van der Waals surface area contributed by atoms with Crippen LogP contribution in [0.5, 0.6) is 0 Å². The molecule has 6 amide bonds. The Balaban J connectivity index is 1.43. The van der Waals surface area contributed by atoms with Gasteiger partial charge in [-0.05, 0) is 49.3 Å². The monoisotopic (exact) mass is 1100 g/mol. The minimum Gasteiger partial charge on any atom is -0.463 e. The summed E-state index contributed by atoms with van der Waals surface area (Å²) in [5, 5.41) is 5.25. The van der Waals surface area contributed by atoms with Crippen molar-refractivity contribution in [3.05, 3.63) is 72.3 Å². The number of aromatic nitrogens is 4. The molecule has 2 bridgehead atoms. The Morgan fingerprint density at radius 3 is 1.78 bits per heavy atom. The number of ether oxygens (including phenoxy) is 2. The van der Waals surface area contributed by atoms with E-state index in [1.165, 1.54) is 54.4 Å². The predicted octanol–water partition coefficient (Wildman–Crippen LogP) is 2.82. The van der Waals surface area contributed by atoms with Crippen LogP contribution in [0.2, 0.25) is 0 Å². The second kappa shape index (κ2) is 25.8. The Kier molecular flexibility index (Phi) is 19.9. The van der Waals surface area contributed by atoms with Gasteiger partial charge in [-0.3, -0.25) is 48.3 Å². The van der Waals surface area contributed by atoms with Gasteiger partial charge in [0.2, 0.25) is 29.5 Å². The zero-order valence-electron chi connectivity index (χ0n) is 45.0. The number of likely N-dealkylation sites (N-methyl/N-ethyl adjacent to an activating group) is 4. The molecule has 77 heavy (non-hydrogen) atoms. The number of hydrogen-bond donors (Lipinski definition) is 2. The van der Waals surface area contributed by atoms with Crippen LogP contribution in [0.15, 0.2) is 60.9 Å². The SMILES string of the molecule is CSC1SC[C@H]2C(=O)N(C)[C@@H](C(C)C)C(=O)OC[C@@H](CC(=O)c3cnc4ccccc4n3)C(=O)N[C@@H](C)C(=O)N(C)[C@@H]1C(=O)N(C)[C@@H](C(C)C)C(=O)OC[C@@H](NC(=O)c1cnc3ccccc3n1)C(=O)C[C@@H](C)C(=O)N2C. The molecule has 4 heterocycles. The largest absolute Gasteiger partial charge is 0.463 e. The molecule has 9 atom stereocenters. The number of benzene rings is 2. The predicted molar refractivity (Wildman–Crippen MR) is 287 cm³/mol. The van der Waals surface area contributed by atoms with E-state index in [9.17, 15) is 38.4 Å². The van der Waals surface area contributed by atoms with Crippen molar-refractivity contribution in [2.75, 3.05) is 53.4 Å². The molecule has 0 spiro atoms. The smallest absolute Gasteiger partial charge is 0.329 e. The van der Waals surface area contributed by atoms with Crippen LogP contribution in [0.25, 0.3) is 22.1 Å². The number of carbonyl (C=O) groups is 10. The van der Waals surface area contributed by atoms with E-state index in [0.717, 1.165) is 43.1 Å². The van der Waals surface area contributed by atoms with E-state index in [2.05, 4.69) is 30.6 Å². The first-order chi connectivity index (χ1) is 36.4. The van der Waals surface area contributed by atoms with Gasteiger partial charge in [-0.2, -0.15) is 0 Å². The van der Waals surface area contributed by atoms with Gasteiger partial charge in [0.05, 0.1) is 45.0 Å². The maximum Gasteiger partial charge on any atom is 0.329 e. The fourth-order valence-electron chi connectivity index (χ4n) is 9.31. The third-order valence-electron chi connectivity index (χ3n) is 13.7. The number of nitrogens with zero attached hydrogens (tertiary/aromatic N) is 8. The number of rotatable bonds is 8. The molecule has 2 aliphatic rings. The minimum atomic E-state index is -1.54. The molecule has 1 unspecified atom stereocenters. The minimum absolute atomic E-state index is 0.0663. The average molecular weight is 1100 g/mol. The number of nitrogens with one attached hydrogen (secondary N) is 2. The lowest BCUT2D eigenvalue weighted by molar-refractivity contribution is -0.160. The first kappa shape index (κ1) is 59.2. The molecule has 6 rings (SSSR count). The molecule has 0 saturated carbocycles. The molecule has 412 valence electrons. The average Bonchev–Trinajstić information content (AvgIpc) is 3.40. The molecule has 0 aliphatic carbocycles. The van der Waals surface area contributed by atoms with Crippen LogP contribution >= 0.6 is 23.5 Å². The van der Waals surface area contributed by atoms with Crippen molar-refractivity contribution < 1.29 is 57.4 Å². The highest BCUT2D eigenvalue weighted by molar-refractivity contribution is 8.16. The Morgan fingerprint density at radius 2 is 1.22 bits per heavy atom. The second-order valence-corrected chi connectivity index (χ2v) is 22.4. The normalized spacial score (nSPS) is 25.5. The topological polar surface area (TPSA) is 278 Å². The molecular formula is C53H66N10O12S2. The van der Waals surface area contributed by atoms with Gasteiger partial charge in [0.25, 0.3) is 5.91 Å². The van der Waals surface area contributed by atoms with Crippen LogP contribution in [0.3, 0.4) is 0 Å². The highest BCUT2D eigenvalue weighted by Crippen LogP contribution is 2.33. The molecule has 2 aliphatic heterocycles. The summed E-state index contributed by atoms with van der Waals surface area (Å²) in [6.45, 7) is 8.12. The number of carbonyl (C=O) groups excluding carboxylic acids is 10. The van der Waals surface area contributed by atoms with Crippen LogP contribution in [-0.4, -0.2) is 193 Å². The maximum absolute atomic E-state index is 15.3. The maximum atomic E-state index is 15.3. The zero-order valence-corrected chi connectivity index (χ0v) is 46.6. The molecule has 24 heteroatoms. The molecular weight excluding hydrogens is 1030 g/mol. The standard InChI is InChI=1S/C53H66N10O12S2/c1-27(2)42-51(72)74-24-31(21-41(65)36-22-54-32-16-12-14-18-34(32)57-36)45(66)56-30(6)48(69)63(10)44-50(71)62(9)43(28(3)4)52(73)75-25-38(59-46(67)37-23-55-33-17-13-15-19-35(33)58-37)40(64)20-29(5)47(68)60(7)39(49(70)61(42)8)26-77-53(44)76-11/h12-19,22-23,27-31,38-39,42-44,53H,20-21,24-26H2,1-11H3,(H,56,66)(H,59,67)/t29-,30+,31-,38-,39+,42+,43+,44-,53?/m1/s1. The van der Waals surface area contributed by atoms with Crippen molar-refractivity contribution in [3.63, 3.8) is 0 Å². The van der Waals surface area contributed by atoms with Crippen LogP contribution in [0.4, 0.5) is 0 Å². The van der Waals surface area contributed by atoms with Crippen molar-refractivity contribution in [2.24, 2.45) is 23.7 Å². The number of para-hydroxylation sites is 4. The summed E-state index contributed by atoms with van der Waals surface area (Å²) in [4.78, 5) is 167. The van der Waals surface area contributed by atoms with E-state index in [1.54, 1.807) is 82.5 Å². The lowest BCUT2D eigenvalue weighted by Gasteiger charge is -2.40. The second-order valence-electron chi connectivity index (χ2n) is 20.0. The summed E-state index contributed by atoms with van der Waals surface area (Å²) < 4.78 is 10.7. The van der Waals surface area contributed by atoms with Crippen LogP contribution in [0, 0.1) is 23.7 Å². The van der Waals surface area contributed by atoms with E-state index in [1.807, 2.05) is 0 Å². The first-order valence-electron chi connectivity index (χ1n) is 25.1. The summed E-state index contributed by atoms with van der Waals surface area (Å²) in [5.74, 6) is -11.9. The number of fused-ring (bicyclic) bond motifs is 6. The van der Waals surface area contributed by atoms with Crippen molar-refractivity contribution in [1.29, 1.82) is 0 Å². The van der Waals surface area contributed by atoms with Crippen molar-refractivity contribution >= 4 is 105 Å². The lowest BCUT2D eigenvalue weighted by atomic mass is 9.97. The van der Waals surface area contributed by atoms with Crippen molar-refractivity contribution in [2.45, 2.75) is 95.2 Å². The third-order valence-corrected chi connectivity index (χ3v) is 16.5. The summed E-state index contributed by atoms with van der Waals surface area (Å²) in [6.07, 6.45) is 3.12. The zero-order chi connectivity index (χ0) is 56.6. The van der Waals surface area contributed by atoms with Gasteiger partial charge in [-0.25, -0.2) is 19.6 Å². The van der Waals surface area contributed by atoms with Gasteiger partial charge in [-0.15, -0.1) is 23.5 Å². The summed E-state index contributed by atoms with van der Waals surface area (Å²) in [5.41, 5.74) is 1.64. The van der Waals surface area contributed by atoms with Gasteiger partial charge < -0.3 is 39.7 Å². The molecule has 2 saturated heterocycles. The Hall–Kier alpha value is -7.08. The number of thioether (sulfide) groups is 2. The molecule has 22 nitrogen and oxygen atoms in total. The van der Waals surface area contributed by atoms with E-state index >= 15 is 9.59 Å². The van der Waals surface area contributed by atoms with Gasteiger partial charge in [0.15, 0.2) is 11.6 Å². The number of Topliss-reactive ketones (excluding diaryl/α,β-unsaturated/α-hetero) is 2. The van der Waals surface area contributed by atoms with Gasteiger partial charge in [0.1, 0.15) is 60.9 Å². The molecule has 2 fully saturated rings. The lowest BCUT2D eigenvalue weighted by Crippen LogP contribution is -2.60. The third kappa shape index (κ3) is 13.7. The fourth-order valence-corrected chi connectivity index (χ4v) is 11.9. The van der Waals surface area contributed by atoms with Crippen LogP contribution in [-0.2, 0) is 47.8 Å². The van der Waals surface area contributed by atoms with E-state index in [-0.39, 0.29) is 17.1 Å². The highest BCUT2D eigenvalue weighted by atomic mass is 32.2. The molecule has 4 aromatic rings. The summed E-state index contributed by atoms with van der Waals surface area (Å²) in [6, 6.07) is 5.31. The fraction of sp³-hybridized carbons (Fsp3) is 0.509. The van der Waals surface area contributed by atoms with Crippen molar-refractivity contribution in [1.82, 2.24) is 50.2 Å². The van der Waals surface area contributed by atoms with E-state index in [0.29, 0.717) is 22.1 Å². The molecule has 2 aromatic heterocycles. The van der Waals surface area contributed by atoms with E-state index in [4.69, 9.17) is 9.47 Å². The summed E-state index contributed by atoms with van der Waals surface area (Å²) in [7, 11) is 5.45. The van der Waals surface area contributed by atoms with Crippen LogP contribution < -0.4 is 10.6 Å². The van der Waals surface area contributed by atoms with Gasteiger partial charge >= 0.3 is 11.9 Å². The van der Waals surface area contributed by atoms with Gasteiger partial charge in [-0.1, -0.05) is 58.9 Å². The highest BCUT2D eigenvalue weighted by Gasteiger charge is 2.45. The molecule has 2 N–H and O–H groups in total. The Morgan fingerprint density at radius 1 is 0.701 bits per heavy atom. The number of hydrogen-bond acceptors (Lipinski definition) is 18. The van der Waals surface area contributed by atoms with E-state index < -0.39 is 150 Å². The number of ketones is 2. The molecule has 0 radical (unpaired) electrons. The summed E-state index contributed by atoms with van der Waals surface area (Å²) >= 11 is 2.21. The number of esters is 2. The van der Waals surface area contributed by atoms with Crippen LogP contribution in [0.1, 0.15) is 75.4 Å². The van der Waals surface area contributed by atoms with Crippen molar-refractivity contribution in [3.8, 4) is 0 Å².